The van der Waals surface area contributed by atoms with Crippen LogP contribution in [0.1, 0.15) is 86.2 Å². The first-order chi connectivity index (χ1) is 22.2. The number of aromatic carboxylic acids is 1. The lowest BCUT2D eigenvalue weighted by molar-refractivity contribution is 0.0601. The molecule has 1 atom stereocenters. The number of hydrogen-bond donors (Lipinski definition) is 3. The average Bonchev–Trinajstić information content (AvgIpc) is 3.46. The van der Waals surface area contributed by atoms with Gasteiger partial charge in [-0.25, -0.2) is 9.78 Å². The van der Waals surface area contributed by atoms with Crippen LogP contribution in [-0.2, 0) is 13.0 Å². The van der Waals surface area contributed by atoms with Gasteiger partial charge >= 0.3 is 5.97 Å². The number of benzene rings is 2. The van der Waals surface area contributed by atoms with E-state index in [9.17, 15) is 19.5 Å². The molecule has 2 aromatic heterocycles. The van der Waals surface area contributed by atoms with Gasteiger partial charge in [-0.2, -0.15) is 0 Å². The second-order valence-corrected chi connectivity index (χ2v) is 12.9. The normalized spacial score (nSPS) is 15.7. The van der Waals surface area contributed by atoms with E-state index >= 15 is 0 Å². The predicted octanol–water partition coefficient (Wildman–Crippen LogP) is 6.84. The van der Waals surface area contributed by atoms with Gasteiger partial charge < -0.3 is 25.8 Å². The van der Waals surface area contributed by atoms with Crippen LogP contribution in [0.15, 0.2) is 47.8 Å². The van der Waals surface area contributed by atoms with Crippen molar-refractivity contribution in [3.05, 3.63) is 87.0 Å². The van der Waals surface area contributed by atoms with Crippen molar-refractivity contribution in [1.29, 1.82) is 0 Å². The number of thiophene rings is 1. The largest absolute Gasteiger partial charge is 0.493 e. The number of hydrogen-bond acceptors (Lipinski definition) is 7. The molecule has 2 aliphatic rings. The molecule has 0 saturated carbocycles. The highest BCUT2D eigenvalue weighted by molar-refractivity contribution is 7.13. The van der Waals surface area contributed by atoms with Crippen molar-refractivity contribution in [1.82, 2.24) is 9.88 Å². The standard InChI is InChI=1S/C36H38N4O5S/c1-4-24-7-5-6-12-40(24)35(42)29-9-8-25(32(38-29)36(43)44)26-18-30-28(33-23(10-13-45-30)11-14-46-33)17-27(26)34(41)39-31-20(2)15-22(19-37)16-21(31)3/h8-9,11,14-18,24H,4-7,10,12-13,19,37H2,1-3H3,(H,39,41)(H,43,44). The van der Waals surface area contributed by atoms with E-state index in [1.807, 2.05) is 36.3 Å². The minimum Gasteiger partial charge on any atom is -0.493 e. The summed E-state index contributed by atoms with van der Waals surface area (Å²) >= 11 is 1.57. The number of nitrogens with two attached hydrogens (primary N) is 1. The van der Waals surface area contributed by atoms with E-state index in [1.54, 1.807) is 35.6 Å². The molecule has 1 unspecified atom stereocenters. The summed E-state index contributed by atoms with van der Waals surface area (Å²) in [6, 6.07) is 12.7. The van der Waals surface area contributed by atoms with Crippen LogP contribution in [0, 0.1) is 13.8 Å². The van der Waals surface area contributed by atoms with Crippen LogP contribution in [0.25, 0.3) is 21.6 Å². The Bertz CT molecular complexity index is 1830. The van der Waals surface area contributed by atoms with E-state index in [0.29, 0.717) is 43.1 Å². The zero-order chi connectivity index (χ0) is 32.5. The molecule has 9 nitrogen and oxygen atoms in total. The van der Waals surface area contributed by atoms with Crippen LogP contribution in [0.3, 0.4) is 0 Å². The van der Waals surface area contributed by atoms with Crippen LogP contribution in [0.2, 0.25) is 0 Å². The van der Waals surface area contributed by atoms with Crippen molar-refractivity contribution < 1.29 is 24.2 Å². The predicted molar refractivity (Wildman–Crippen MR) is 180 cm³/mol. The highest BCUT2D eigenvalue weighted by Crippen LogP contribution is 2.43. The highest BCUT2D eigenvalue weighted by atomic mass is 32.1. The summed E-state index contributed by atoms with van der Waals surface area (Å²) in [5, 5.41) is 15.5. The van der Waals surface area contributed by atoms with Crippen LogP contribution in [-0.4, -0.2) is 52.0 Å². The smallest absolute Gasteiger partial charge is 0.355 e. The number of amides is 2. The molecule has 0 aliphatic carbocycles. The van der Waals surface area contributed by atoms with Crippen LogP contribution >= 0.6 is 11.3 Å². The number of nitrogens with one attached hydrogen (secondary N) is 1. The SMILES string of the molecule is CCC1CCCCN1C(=O)c1ccc(-c2cc3c(cc2C(=O)Nc2c(C)cc(CN)cc2C)-c2sccc2CCO3)c(C(=O)O)n1. The Kier molecular flexibility index (Phi) is 8.93. The summed E-state index contributed by atoms with van der Waals surface area (Å²) in [6.07, 6.45) is 4.41. The van der Waals surface area contributed by atoms with E-state index in [-0.39, 0.29) is 34.5 Å². The molecule has 10 heteroatoms. The minimum atomic E-state index is -1.29. The fourth-order valence-corrected chi connectivity index (χ4v) is 7.65. The lowest BCUT2D eigenvalue weighted by atomic mass is 9.93. The zero-order valence-corrected chi connectivity index (χ0v) is 27.1. The number of likely N-dealkylation sites (tertiary alicyclic amines) is 1. The number of carbonyl (C=O) groups is 3. The first-order valence-electron chi connectivity index (χ1n) is 15.7. The average molecular weight is 639 g/mol. The number of fused-ring (bicyclic) bond motifs is 3. The minimum absolute atomic E-state index is 0.0768. The Morgan fingerprint density at radius 3 is 2.57 bits per heavy atom. The van der Waals surface area contributed by atoms with Crippen molar-refractivity contribution in [3.63, 3.8) is 0 Å². The number of carbonyl (C=O) groups excluding carboxylic acids is 2. The number of aromatic nitrogens is 1. The molecule has 0 spiro atoms. The molecule has 4 heterocycles. The van der Waals surface area contributed by atoms with Gasteiger partial charge in [-0.05, 0) is 97.5 Å². The molecular weight excluding hydrogens is 600 g/mol. The summed E-state index contributed by atoms with van der Waals surface area (Å²) in [7, 11) is 0. The number of piperidine rings is 1. The number of aryl methyl sites for hydroxylation is 2. The zero-order valence-electron chi connectivity index (χ0n) is 26.3. The summed E-state index contributed by atoms with van der Waals surface area (Å²) in [6.45, 7) is 7.33. The van der Waals surface area contributed by atoms with E-state index in [1.165, 1.54) is 0 Å². The molecule has 2 amide bonds. The van der Waals surface area contributed by atoms with Gasteiger partial charge in [0, 0.05) is 58.4 Å². The van der Waals surface area contributed by atoms with Crippen molar-refractivity contribution in [2.75, 3.05) is 18.5 Å². The molecule has 0 radical (unpaired) electrons. The Balaban J connectivity index is 1.49. The Hall–Kier alpha value is -4.54. The fraction of sp³-hybridized carbons (Fsp3) is 0.333. The maximum absolute atomic E-state index is 14.2. The lowest BCUT2D eigenvalue weighted by Gasteiger charge is -2.35. The number of rotatable bonds is 7. The molecule has 46 heavy (non-hydrogen) atoms. The second-order valence-electron chi connectivity index (χ2n) is 12.0. The molecule has 2 aliphatic heterocycles. The van der Waals surface area contributed by atoms with Gasteiger partial charge in [-0.1, -0.05) is 19.1 Å². The third kappa shape index (κ3) is 5.90. The fourth-order valence-electron chi connectivity index (χ4n) is 6.67. The van der Waals surface area contributed by atoms with E-state index in [0.717, 1.165) is 58.4 Å². The van der Waals surface area contributed by atoms with E-state index in [4.69, 9.17) is 10.5 Å². The number of ether oxygens (including phenoxy) is 1. The second kappa shape index (κ2) is 13.1. The van der Waals surface area contributed by atoms with Gasteiger partial charge in [-0.15, -0.1) is 11.3 Å². The van der Waals surface area contributed by atoms with E-state index in [2.05, 4.69) is 23.3 Å². The van der Waals surface area contributed by atoms with Gasteiger partial charge in [-0.3, -0.25) is 9.59 Å². The van der Waals surface area contributed by atoms with Gasteiger partial charge in [0.2, 0.25) is 0 Å². The van der Waals surface area contributed by atoms with Crippen LogP contribution in [0.5, 0.6) is 5.75 Å². The van der Waals surface area contributed by atoms with Crippen LogP contribution in [0.4, 0.5) is 5.69 Å². The van der Waals surface area contributed by atoms with Crippen molar-refractivity contribution in [2.45, 2.75) is 65.5 Å². The Morgan fingerprint density at radius 2 is 1.85 bits per heavy atom. The van der Waals surface area contributed by atoms with Crippen molar-refractivity contribution in [2.24, 2.45) is 5.73 Å². The third-order valence-corrected chi connectivity index (χ3v) is 10.0. The van der Waals surface area contributed by atoms with Gasteiger partial charge in [0.25, 0.3) is 11.8 Å². The molecule has 0 bridgehead atoms. The van der Waals surface area contributed by atoms with Gasteiger partial charge in [0.05, 0.1) is 6.61 Å². The van der Waals surface area contributed by atoms with Crippen molar-refractivity contribution >= 4 is 34.8 Å². The summed E-state index contributed by atoms with van der Waals surface area (Å²) < 4.78 is 6.17. The maximum atomic E-state index is 14.2. The van der Waals surface area contributed by atoms with E-state index < -0.39 is 11.9 Å². The number of carboxylic acids is 1. The van der Waals surface area contributed by atoms with Crippen LogP contribution < -0.4 is 15.8 Å². The molecule has 1 saturated heterocycles. The summed E-state index contributed by atoms with van der Waals surface area (Å²) in [5.74, 6) is -1.41. The molecule has 2 aromatic carbocycles. The Labute approximate surface area is 272 Å². The number of pyridine rings is 1. The molecule has 238 valence electrons. The molecule has 4 aromatic rings. The number of anilines is 1. The monoisotopic (exact) mass is 638 g/mol. The number of carboxylic acid groups (broad SMARTS) is 1. The summed E-state index contributed by atoms with van der Waals surface area (Å²) in [5.41, 5.74) is 11.8. The molecule has 6 rings (SSSR count). The first kappa shape index (κ1) is 31.4. The lowest BCUT2D eigenvalue weighted by Crippen LogP contribution is -2.43. The highest BCUT2D eigenvalue weighted by Gasteiger charge is 2.30. The molecular formula is C36H38N4O5S. The molecule has 4 N–H and O–H groups in total. The Morgan fingerprint density at radius 1 is 1.07 bits per heavy atom. The quantitative estimate of drug-likeness (QED) is 0.202. The third-order valence-electron chi connectivity index (χ3n) is 9.02. The first-order valence-corrected chi connectivity index (χ1v) is 16.6. The summed E-state index contributed by atoms with van der Waals surface area (Å²) in [4.78, 5) is 47.8. The maximum Gasteiger partial charge on any atom is 0.355 e. The number of nitrogens with zero attached hydrogens (tertiary/aromatic N) is 2. The van der Waals surface area contributed by atoms with Gasteiger partial charge in [0.15, 0.2) is 5.69 Å². The van der Waals surface area contributed by atoms with Crippen molar-refractivity contribution in [3.8, 4) is 27.3 Å². The van der Waals surface area contributed by atoms with Gasteiger partial charge in [0.1, 0.15) is 11.4 Å². The molecule has 1 fully saturated rings. The topological polar surface area (TPSA) is 135 Å².